The Balaban J connectivity index is 1.46. The largest absolute Gasteiger partial charge is 0.469 e. The molecule has 3 aromatic rings. The molecule has 35 heavy (non-hydrogen) atoms. The molecule has 2 aromatic carbocycles. The number of methoxy groups -OCH3 is 1. The topological polar surface area (TPSA) is 106 Å². The fourth-order valence-corrected chi connectivity index (χ4v) is 4.38. The number of halogens is 1. The summed E-state index contributed by atoms with van der Waals surface area (Å²) in [4.78, 5) is 29.0. The molecule has 7 nitrogen and oxygen atoms in total. The van der Waals surface area contributed by atoms with Gasteiger partial charge in [-0.1, -0.05) is 30.3 Å². The molecular formula is C27H29FN4O3. The van der Waals surface area contributed by atoms with Crippen LogP contribution in [0.15, 0.2) is 54.6 Å². The third kappa shape index (κ3) is 5.42. The number of rotatable bonds is 6. The van der Waals surface area contributed by atoms with Crippen LogP contribution in [-0.4, -0.2) is 24.0 Å². The van der Waals surface area contributed by atoms with Crippen LogP contribution in [0.4, 0.5) is 27.3 Å². The molecule has 0 unspecified atom stereocenters. The minimum Gasteiger partial charge on any atom is -0.469 e. The lowest BCUT2D eigenvalue weighted by atomic mass is 9.81. The molecular weight excluding hydrogens is 447 g/mol. The van der Waals surface area contributed by atoms with E-state index in [9.17, 15) is 9.59 Å². The molecule has 0 saturated heterocycles. The highest BCUT2D eigenvalue weighted by Crippen LogP contribution is 2.33. The number of carbonyl (C=O) groups excluding carboxylic acids is 2. The van der Waals surface area contributed by atoms with Crippen LogP contribution in [-0.2, 0) is 14.3 Å². The van der Waals surface area contributed by atoms with E-state index >= 15 is 4.39 Å². The number of esters is 1. The Kier molecular flexibility index (Phi) is 7.29. The summed E-state index contributed by atoms with van der Waals surface area (Å²) in [5.41, 5.74) is 9.19. The van der Waals surface area contributed by atoms with Gasteiger partial charge in [0.25, 0.3) is 0 Å². The summed E-state index contributed by atoms with van der Waals surface area (Å²) in [5.74, 6) is -1.02. The predicted molar refractivity (Wildman–Crippen MR) is 135 cm³/mol. The number of amides is 1. The van der Waals surface area contributed by atoms with Gasteiger partial charge in [0, 0.05) is 22.7 Å². The van der Waals surface area contributed by atoms with E-state index in [4.69, 9.17) is 10.5 Å². The van der Waals surface area contributed by atoms with E-state index < -0.39 is 5.82 Å². The van der Waals surface area contributed by atoms with Gasteiger partial charge in [-0.25, -0.2) is 9.37 Å². The first kappa shape index (κ1) is 24.2. The van der Waals surface area contributed by atoms with Crippen LogP contribution >= 0.6 is 0 Å². The number of hydrogen-bond donors (Lipinski definition) is 3. The SMILES string of the molecule is COC(=O)[C@H]1CC[C@H](C(=O)Nc2ccc(Nc3nc(-c4ccccc4)ccc3N)c(C)c2F)CC1. The van der Waals surface area contributed by atoms with Gasteiger partial charge in [-0.3, -0.25) is 9.59 Å². The number of nitrogens with two attached hydrogens (primary N) is 1. The number of nitrogen functional groups attached to an aromatic ring is 1. The molecule has 0 bridgehead atoms. The van der Waals surface area contributed by atoms with Crippen LogP contribution in [0.3, 0.4) is 0 Å². The first-order chi connectivity index (χ1) is 16.9. The van der Waals surface area contributed by atoms with Crippen molar-refractivity contribution in [3.05, 3.63) is 66.0 Å². The standard InChI is InChI=1S/C27H29FN4O3/c1-16-21(30-25-20(29)12-13-22(31-25)17-6-4-3-5-7-17)14-15-23(24(16)28)32-26(33)18-8-10-19(11-9-18)27(34)35-2/h3-7,12-15,18-19H,8-11,29H2,1-2H3,(H,30,31)(H,32,33)/t18-,19-. The highest BCUT2D eigenvalue weighted by molar-refractivity contribution is 5.93. The summed E-state index contributed by atoms with van der Waals surface area (Å²) in [7, 11) is 1.37. The lowest BCUT2D eigenvalue weighted by molar-refractivity contribution is -0.147. The number of benzene rings is 2. The van der Waals surface area contributed by atoms with Gasteiger partial charge < -0.3 is 21.1 Å². The average Bonchev–Trinajstić information content (AvgIpc) is 2.89. The highest BCUT2D eigenvalue weighted by Gasteiger charge is 2.30. The van der Waals surface area contributed by atoms with Gasteiger partial charge in [-0.15, -0.1) is 0 Å². The summed E-state index contributed by atoms with van der Waals surface area (Å²) in [6.07, 6.45) is 2.31. The highest BCUT2D eigenvalue weighted by atomic mass is 19.1. The number of nitrogens with zero attached hydrogens (tertiary/aromatic N) is 1. The van der Waals surface area contributed by atoms with Crippen molar-refractivity contribution in [3.63, 3.8) is 0 Å². The lowest BCUT2D eigenvalue weighted by Crippen LogP contribution is -2.30. The minimum absolute atomic E-state index is 0.118. The monoisotopic (exact) mass is 476 g/mol. The third-order valence-electron chi connectivity index (χ3n) is 6.53. The van der Waals surface area contributed by atoms with Gasteiger partial charge in [0.1, 0.15) is 0 Å². The molecule has 1 aliphatic rings. The maximum atomic E-state index is 15.2. The first-order valence-electron chi connectivity index (χ1n) is 11.6. The number of ether oxygens (including phenoxy) is 1. The second-order valence-corrected chi connectivity index (χ2v) is 8.79. The first-order valence-corrected chi connectivity index (χ1v) is 11.6. The Morgan fingerprint density at radius 2 is 1.63 bits per heavy atom. The van der Waals surface area contributed by atoms with E-state index in [0.717, 1.165) is 11.3 Å². The molecule has 0 atom stereocenters. The van der Waals surface area contributed by atoms with Crippen molar-refractivity contribution in [1.29, 1.82) is 0 Å². The summed E-state index contributed by atoms with van der Waals surface area (Å²) >= 11 is 0. The zero-order valence-corrected chi connectivity index (χ0v) is 19.8. The van der Waals surface area contributed by atoms with E-state index in [2.05, 4.69) is 15.6 Å². The molecule has 4 rings (SSSR count). The summed E-state index contributed by atoms with van der Waals surface area (Å²) in [6, 6.07) is 16.5. The van der Waals surface area contributed by atoms with Crippen molar-refractivity contribution in [1.82, 2.24) is 4.98 Å². The maximum absolute atomic E-state index is 15.2. The fourth-order valence-electron chi connectivity index (χ4n) is 4.38. The van der Waals surface area contributed by atoms with E-state index in [1.54, 1.807) is 19.1 Å². The van der Waals surface area contributed by atoms with Crippen molar-refractivity contribution in [2.24, 2.45) is 11.8 Å². The molecule has 8 heteroatoms. The molecule has 182 valence electrons. The molecule has 0 spiro atoms. The van der Waals surface area contributed by atoms with E-state index in [1.165, 1.54) is 13.2 Å². The molecule has 1 amide bonds. The predicted octanol–water partition coefficient (Wildman–Crippen LogP) is 5.44. The van der Waals surface area contributed by atoms with E-state index in [0.29, 0.717) is 48.4 Å². The van der Waals surface area contributed by atoms with Crippen LogP contribution in [0.1, 0.15) is 31.2 Å². The van der Waals surface area contributed by atoms with E-state index in [-0.39, 0.29) is 29.4 Å². The maximum Gasteiger partial charge on any atom is 0.308 e. The number of aromatic nitrogens is 1. The van der Waals surface area contributed by atoms with Gasteiger partial charge in [0.2, 0.25) is 5.91 Å². The van der Waals surface area contributed by atoms with Crippen LogP contribution in [0.25, 0.3) is 11.3 Å². The Morgan fingerprint density at radius 3 is 2.31 bits per heavy atom. The van der Waals surface area contributed by atoms with Crippen LogP contribution in [0.2, 0.25) is 0 Å². The number of anilines is 4. The van der Waals surface area contributed by atoms with Crippen LogP contribution in [0.5, 0.6) is 0 Å². The summed E-state index contributed by atoms with van der Waals surface area (Å²) < 4.78 is 20.0. The lowest BCUT2D eigenvalue weighted by Gasteiger charge is -2.26. The van der Waals surface area contributed by atoms with E-state index in [1.807, 2.05) is 36.4 Å². The molecule has 4 N–H and O–H groups in total. The summed E-state index contributed by atoms with van der Waals surface area (Å²) in [6.45, 7) is 1.63. The van der Waals surface area contributed by atoms with Crippen molar-refractivity contribution in [2.45, 2.75) is 32.6 Å². The zero-order chi connectivity index (χ0) is 24.9. The third-order valence-corrected chi connectivity index (χ3v) is 6.53. The second-order valence-electron chi connectivity index (χ2n) is 8.79. The Bertz CT molecular complexity index is 1220. The molecule has 1 aliphatic carbocycles. The van der Waals surface area contributed by atoms with Crippen molar-refractivity contribution < 1.29 is 18.7 Å². The zero-order valence-electron chi connectivity index (χ0n) is 19.8. The fraction of sp³-hybridized carbons (Fsp3) is 0.296. The Hall–Kier alpha value is -3.94. The minimum atomic E-state index is -0.524. The number of nitrogens with one attached hydrogen (secondary N) is 2. The Morgan fingerprint density at radius 1 is 0.971 bits per heavy atom. The van der Waals surface area contributed by atoms with Crippen molar-refractivity contribution in [3.8, 4) is 11.3 Å². The van der Waals surface area contributed by atoms with Gasteiger partial charge in [-0.2, -0.15) is 0 Å². The molecule has 1 aromatic heterocycles. The van der Waals surface area contributed by atoms with Gasteiger partial charge >= 0.3 is 5.97 Å². The van der Waals surface area contributed by atoms with Crippen molar-refractivity contribution >= 4 is 34.8 Å². The molecule has 1 saturated carbocycles. The number of carbonyl (C=O) groups is 2. The molecule has 1 fully saturated rings. The van der Waals surface area contributed by atoms with Crippen LogP contribution < -0.4 is 16.4 Å². The van der Waals surface area contributed by atoms with Gasteiger partial charge in [0.15, 0.2) is 11.6 Å². The van der Waals surface area contributed by atoms with Gasteiger partial charge in [-0.05, 0) is 56.9 Å². The number of hydrogen-bond acceptors (Lipinski definition) is 6. The smallest absolute Gasteiger partial charge is 0.308 e. The summed E-state index contributed by atoms with van der Waals surface area (Å²) in [5, 5.41) is 5.84. The second kappa shape index (κ2) is 10.5. The van der Waals surface area contributed by atoms with Crippen LogP contribution in [0, 0.1) is 24.6 Å². The Labute approximate surface area is 203 Å². The normalized spacial score (nSPS) is 17.5. The number of pyridine rings is 1. The quantitative estimate of drug-likeness (QED) is 0.409. The van der Waals surface area contributed by atoms with Crippen molar-refractivity contribution in [2.75, 3.05) is 23.5 Å². The molecule has 0 radical (unpaired) electrons. The van der Waals surface area contributed by atoms with Gasteiger partial charge in [0.05, 0.1) is 30.1 Å². The molecule has 1 heterocycles. The average molecular weight is 477 g/mol. The molecule has 0 aliphatic heterocycles.